The zero-order valence-corrected chi connectivity index (χ0v) is 12.7. The van der Waals surface area contributed by atoms with E-state index in [1.165, 1.54) is 6.33 Å². The molecule has 0 fully saturated rings. The van der Waals surface area contributed by atoms with Crippen molar-refractivity contribution in [2.24, 2.45) is 0 Å². The van der Waals surface area contributed by atoms with Crippen molar-refractivity contribution in [2.75, 3.05) is 13.1 Å². The number of hydrogen-bond acceptors (Lipinski definition) is 4. The predicted molar refractivity (Wildman–Crippen MR) is 79.6 cm³/mol. The van der Waals surface area contributed by atoms with Crippen molar-refractivity contribution >= 4 is 27.7 Å². The molecule has 0 spiro atoms. The Hall–Kier alpha value is -2.22. The van der Waals surface area contributed by atoms with Gasteiger partial charge in [-0.1, -0.05) is 15.9 Å². The molecule has 0 aliphatic carbocycles. The molecule has 0 saturated carbocycles. The van der Waals surface area contributed by atoms with Gasteiger partial charge in [0.25, 0.3) is 5.91 Å². The fourth-order valence-electron chi connectivity index (χ4n) is 1.60. The molecule has 3 N–H and O–H groups in total. The molecule has 21 heavy (non-hydrogen) atoms. The molecule has 1 aromatic heterocycles. The van der Waals surface area contributed by atoms with Crippen molar-refractivity contribution in [3.8, 4) is 0 Å². The van der Waals surface area contributed by atoms with Crippen molar-refractivity contribution in [1.82, 2.24) is 25.8 Å². The SMILES string of the molecule is O=C(CNC(=O)c1ccc(Br)cc1)NCCc1ncn[nH]1. The van der Waals surface area contributed by atoms with Crippen molar-refractivity contribution in [2.45, 2.75) is 6.42 Å². The van der Waals surface area contributed by atoms with Gasteiger partial charge in [0.15, 0.2) is 0 Å². The second-order valence-corrected chi connectivity index (χ2v) is 5.14. The molecule has 1 aromatic carbocycles. The van der Waals surface area contributed by atoms with E-state index in [9.17, 15) is 9.59 Å². The van der Waals surface area contributed by atoms with Crippen LogP contribution in [0.2, 0.25) is 0 Å². The molecule has 1 heterocycles. The van der Waals surface area contributed by atoms with Crippen LogP contribution in [-0.4, -0.2) is 40.1 Å². The normalized spacial score (nSPS) is 10.1. The number of H-pyrrole nitrogens is 1. The van der Waals surface area contributed by atoms with Gasteiger partial charge < -0.3 is 10.6 Å². The lowest BCUT2D eigenvalue weighted by Gasteiger charge is -2.06. The maximum atomic E-state index is 11.8. The monoisotopic (exact) mass is 351 g/mol. The Morgan fingerprint density at radius 2 is 1.95 bits per heavy atom. The van der Waals surface area contributed by atoms with Gasteiger partial charge in [-0.05, 0) is 24.3 Å². The van der Waals surface area contributed by atoms with Gasteiger partial charge >= 0.3 is 0 Å². The van der Waals surface area contributed by atoms with Gasteiger partial charge in [0.2, 0.25) is 5.91 Å². The number of halogens is 1. The summed E-state index contributed by atoms with van der Waals surface area (Å²) in [6.07, 6.45) is 1.97. The van der Waals surface area contributed by atoms with Crippen LogP contribution >= 0.6 is 15.9 Å². The quantitative estimate of drug-likeness (QED) is 0.711. The number of hydrogen-bond donors (Lipinski definition) is 3. The summed E-state index contributed by atoms with van der Waals surface area (Å²) in [6.45, 7) is 0.369. The lowest BCUT2D eigenvalue weighted by molar-refractivity contribution is -0.120. The van der Waals surface area contributed by atoms with E-state index in [-0.39, 0.29) is 18.4 Å². The molecule has 0 aliphatic rings. The van der Waals surface area contributed by atoms with Crippen LogP contribution in [0.1, 0.15) is 16.2 Å². The van der Waals surface area contributed by atoms with E-state index in [2.05, 4.69) is 41.7 Å². The third-order valence-corrected chi connectivity index (χ3v) is 3.19. The highest BCUT2D eigenvalue weighted by Gasteiger charge is 2.07. The molecule has 0 aliphatic heterocycles. The van der Waals surface area contributed by atoms with Gasteiger partial charge in [0, 0.05) is 23.0 Å². The molecule has 8 heteroatoms. The van der Waals surface area contributed by atoms with Crippen LogP contribution in [0.5, 0.6) is 0 Å². The highest BCUT2D eigenvalue weighted by molar-refractivity contribution is 9.10. The zero-order valence-electron chi connectivity index (χ0n) is 11.1. The third-order valence-electron chi connectivity index (χ3n) is 2.66. The van der Waals surface area contributed by atoms with Crippen molar-refractivity contribution < 1.29 is 9.59 Å². The molecule has 110 valence electrons. The first-order valence-electron chi connectivity index (χ1n) is 6.30. The Kier molecular flexibility index (Phi) is 5.44. The summed E-state index contributed by atoms with van der Waals surface area (Å²) in [5.41, 5.74) is 0.507. The Morgan fingerprint density at radius 1 is 1.19 bits per heavy atom. The molecule has 0 bridgehead atoms. The number of benzene rings is 1. The summed E-state index contributed by atoms with van der Waals surface area (Å²) in [5.74, 6) is 0.169. The summed E-state index contributed by atoms with van der Waals surface area (Å²) >= 11 is 3.29. The molecule has 0 saturated heterocycles. The van der Waals surface area contributed by atoms with Crippen molar-refractivity contribution in [3.05, 3.63) is 46.5 Å². The van der Waals surface area contributed by atoms with Gasteiger partial charge in [-0.25, -0.2) is 4.98 Å². The first-order valence-corrected chi connectivity index (χ1v) is 7.09. The van der Waals surface area contributed by atoms with Crippen LogP contribution in [0, 0.1) is 0 Å². The fourth-order valence-corrected chi connectivity index (χ4v) is 1.86. The van der Waals surface area contributed by atoms with Crippen LogP contribution < -0.4 is 10.6 Å². The van der Waals surface area contributed by atoms with Crippen molar-refractivity contribution in [1.29, 1.82) is 0 Å². The van der Waals surface area contributed by atoms with E-state index < -0.39 is 0 Å². The van der Waals surface area contributed by atoms with E-state index >= 15 is 0 Å². The Balaban J connectivity index is 1.68. The number of aromatic amines is 1. The minimum Gasteiger partial charge on any atom is -0.354 e. The highest BCUT2D eigenvalue weighted by Crippen LogP contribution is 2.10. The number of carbonyl (C=O) groups excluding carboxylic acids is 2. The molecule has 0 radical (unpaired) electrons. The van der Waals surface area contributed by atoms with Gasteiger partial charge in [0.05, 0.1) is 6.54 Å². The number of nitrogens with one attached hydrogen (secondary N) is 3. The molecule has 7 nitrogen and oxygen atoms in total. The van der Waals surface area contributed by atoms with Gasteiger partial charge in [-0.3, -0.25) is 14.7 Å². The summed E-state index contributed by atoms with van der Waals surface area (Å²) < 4.78 is 0.893. The lowest BCUT2D eigenvalue weighted by atomic mass is 10.2. The minimum atomic E-state index is -0.284. The van der Waals surface area contributed by atoms with Crippen LogP contribution in [0.25, 0.3) is 0 Å². The lowest BCUT2D eigenvalue weighted by Crippen LogP contribution is -2.37. The van der Waals surface area contributed by atoms with Crippen LogP contribution in [0.3, 0.4) is 0 Å². The predicted octanol–water partition coefficient (Wildman–Crippen LogP) is 0.656. The van der Waals surface area contributed by atoms with Crippen LogP contribution in [0.15, 0.2) is 35.1 Å². The zero-order chi connectivity index (χ0) is 15.1. The van der Waals surface area contributed by atoms with Gasteiger partial charge in [0.1, 0.15) is 12.2 Å². The number of nitrogens with zero attached hydrogens (tertiary/aromatic N) is 2. The first-order chi connectivity index (χ1) is 10.1. The van der Waals surface area contributed by atoms with Crippen molar-refractivity contribution in [3.63, 3.8) is 0 Å². The Bertz CT molecular complexity index is 598. The maximum Gasteiger partial charge on any atom is 0.251 e. The molecule has 0 atom stereocenters. The molecular weight excluding hydrogens is 338 g/mol. The van der Waals surface area contributed by atoms with Gasteiger partial charge in [-0.2, -0.15) is 5.10 Å². The van der Waals surface area contributed by atoms with E-state index in [0.29, 0.717) is 24.4 Å². The molecule has 2 rings (SSSR count). The fraction of sp³-hybridized carbons (Fsp3) is 0.231. The third kappa shape index (κ3) is 4.99. The summed E-state index contributed by atoms with van der Waals surface area (Å²) in [7, 11) is 0. The minimum absolute atomic E-state index is 0.0642. The molecule has 2 amide bonds. The number of rotatable bonds is 6. The van der Waals surface area contributed by atoms with Gasteiger partial charge in [-0.15, -0.1) is 0 Å². The Labute approximate surface area is 129 Å². The standard InChI is InChI=1S/C13H14BrN5O2/c14-10-3-1-9(2-4-10)13(21)16-7-12(20)15-6-5-11-17-8-18-19-11/h1-4,8H,5-7H2,(H,15,20)(H,16,21)(H,17,18,19). The largest absolute Gasteiger partial charge is 0.354 e. The molecule has 2 aromatic rings. The smallest absolute Gasteiger partial charge is 0.251 e. The first kappa shape index (κ1) is 15.2. The summed E-state index contributed by atoms with van der Waals surface area (Å²) in [6, 6.07) is 6.90. The molecular formula is C13H14BrN5O2. The highest BCUT2D eigenvalue weighted by atomic mass is 79.9. The van der Waals surface area contributed by atoms with Crippen LogP contribution in [-0.2, 0) is 11.2 Å². The van der Waals surface area contributed by atoms with E-state index in [1.807, 2.05) is 0 Å². The topological polar surface area (TPSA) is 99.8 Å². The van der Waals surface area contributed by atoms with E-state index in [1.54, 1.807) is 24.3 Å². The van der Waals surface area contributed by atoms with E-state index in [4.69, 9.17) is 0 Å². The second kappa shape index (κ2) is 7.53. The second-order valence-electron chi connectivity index (χ2n) is 4.22. The average Bonchev–Trinajstić information content (AvgIpc) is 2.99. The summed E-state index contributed by atoms with van der Waals surface area (Å²) in [5, 5.41) is 11.7. The van der Waals surface area contributed by atoms with E-state index in [0.717, 1.165) is 4.47 Å². The number of amides is 2. The Morgan fingerprint density at radius 3 is 2.62 bits per heavy atom. The maximum absolute atomic E-state index is 11.8. The summed E-state index contributed by atoms with van der Waals surface area (Å²) in [4.78, 5) is 27.3. The number of aromatic nitrogens is 3. The average molecular weight is 352 g/mol. The van der Waals surface area contributed by atoms with Crippen LogP contribution in [0.4, 0.5) is 0 Å². The molecule has 0 unspecified atom stereocenters. The number of carbonyl (C=O) groups is 2.